The number of aromatic nitrogens is 1. The third-order valence-electron chi connectivity index (χ3n) is 14.8. The monoisotopic (exact) mass is 946 g/mol. The van der Waals surface area contributed by atoms with E-state index in [1.54, 1.807) is 0 Å². The average Bonchev–Trinajstić information content (AvgIpc) is 3.82. The van der Waals surface area contributed by atoms with E-state index in [2.05, 4.69) is 313 Å². The molecule has 0 amide bonds. The van der Waals surface area contributed by atoms with E-state index >= 15 is 0 Å². The summed E-state index contributed by atoms with van der Waals surface area (Å²) in [5.41, 5.74) is 13.9. The Kier molecular flexibility index (Phi) is 11.3. The average molecular weight is 947 g/mol. The van der Waals surface area contributed by atoms with Crippen LogP contribution in [0.25, 0.3) is 71.6 Å². The minimum atomic E-state index is -2.65. The Bertz CT molecular complexity index is 3940. The molecule has 1 heterocycles. The summed E-state index contributed by atoms with van der Waals surface area (Å²) in [5.74, 6) is 0. The fourth-order valence-corrected chi connectivity index (χ4v) is 16.2. The van der Waals surface area contributed by atoms with Gasteiger partial charge in [0.25, 0.3) is 0 Å². The zero-order valence-electron chi connectivity index (χ0n) is 40.3. The highest BCUT2D eigenvalue weighted by Crippen LogP contribution is 2.46. The number of para-hydroxylation sites is 3. The molecule has 1 aromatic heterocycles. The molecular weight excluding hydrogens is 897 g/mol. The third-order valence-corrected chi connectivity index (χ3v) is 19.6. The molecule has 13 aromatic rings. The molecule has 0 aliphatic rings. The number of anilines is 3. The van der Waals surface area contributed by atoms with Gasteiger partial charge in [-0.1, -0.05) is 249 Å². The van der Waals surface area contributed by atoms with Crippen LogP contribution < -0.4 is 25.6 Å². The molecule has 0 radical (unpaired) electrons. The van der Waals surface area contributed by atoms with E-state index in [0.717, 1.165) is 28.3 Å². The molecule has 13 rings (SSSR count). The quantitative estimate of drug-likeness (QED) is 0.0926. The van der Waals surface area contributed by atoms with Gasteiger partial charge in [0.2, 0.25) is 0 Å². The smallest absolute Gasteiger partial charge is 0.179 e. The molecule has 0 aliphatic heterocycles. The highest BCUT2D eigenvalue weighted by Gasteiger charge is 2.41. The fraction of sp³-hybridized carbons (Fsp3) is 0. The first kappa shape index (κ1) is 43.7. The highest BCUT2D eigenvalue weighted by molar-refractivity contribution is 7.19. The van der Waals surface area contributed by atoms with E-state index in [1.807, 2.05) is 0 Å². The molecule has 0 bridgehead atoms. The Morgan fingerprint density at radius 3 is 1.33 bits per heavy atom. The van der Waals surface area contributed by atoms with Crippen LogP contribution in [0.5, 0.6) is 0 Å². The van der Waals surface area contributed by atoms with E-state index in [1.165, 1.54) is 81.1 Å². The first-order chi connectivity index (χ1) is 36.2. The minimum absolute atomic E-state index is 1.08. The fourth-order valence-electron chi connectivity index (χ4n) is 11.5. The van der Waals surface area contributed by atoms with Gasteiger partial charge in [0.15, 0.2) is 8.07 Å². The van der Waals surface area contributed by atoms with Gasteiger partial charge in [0, 0.05) is 33.4 Å². The van der Waals surface area contributed by atoms with Crippen LogP contribution in [0.4, 0.5) is 17.1 Å². The third kappa shape index (κ3) is 7.66. The largest absolute Gasteiger partial charge is 0.310 e. The maximum Gasteiger partial charge on any atom is 0.179 e. The number of rotatable bonds is 11. The number of benzene rings is 12. The van der Waals surface area contributed by atoms with Gasteiger partial charge in [-0.3, -0.25) is 0 Å². The van der Waals surface area contributed by atoms with Crippen molar-refractivity contribution in [2.24, 2.45) is 0 Å². The van der Waals surface area contributed by atoms with Crippen LogP contribution in [-0.4, -0.2) is 12.6 Å². The Labute approximate surface area is 428 Å². The molecular formula is C70H50N2Si. The van der Waals surface area contributed by atoms with Crippen molar-refractivity contribution in [2.75, 3.05) is 4.90 Å². The van der Waals surface area contributed by atoms with Crippen molar-refractivity contribution >= 4 is 78.5 Å². The van der Waals surface area contributed by atoms with Gasteiger partial charge in [-0.25, -0.2) is 0 Å². The van der Waals surface area contributed by atoms with Crippen LogP contribution in [0.2, 0.25) is 0 Å². The molecule has 73 heavy (non-hydrogen) atoms. The molecule has 0 aliphatic carbocycles. The zero-order chi connectivity index (χ0) is 48.6. The Hall–Kier alpha value is -9.28. The molecule has 0 fully saturated rings. The molecule has 0 unspecified atom stereocenters. The van der Waals surface area contributed by atoms with Crippen LogP contribution in [-0.2, 0) is 0 Å². The van der Waals surface area contributed by atoms with Crippen molar-refractivity contribution < 1.29 is 0 Å². The zero-order valence-corrected chi connectivity index (χ0v) is 41.3. The summed E-state index contributed by atoms with van der Waals surface area (Å²) in [7, 11) is -2.65. The lowest BCUT2D eigenvalue weighted by Gasteiger charge is -2.34. The van der Waals surface area contributed by atoms with Gasteiger partial charge in [0.05, 0.1) is 16.7 Å². The molecule has 0 N–H and O–H groups in total. The Morgan fingerprint density at radius 1 is 0.274 bits per heavy atom. The van der Waals surface area contributed by atoms with Crippen molar-refractivity contribution in [3.63, 3.8) is 0 Å². The second-order valence-electron chi connectivity index (χ2n) is 18.8. The normalized spacial score (nSPS) is 11.6. The van der Waals surface area contributed by atoms with Crippen LogP contribution in [0.3, 0.4) is 0 Å². The highest BCUT2D eigenvalue weighted by atomic mass is 28.3. The van der Waals surface area contributed by atoms with Gasteiger partial charge < -0.3 is 9.47 Å². The lowest BCUT2D eigenvalue weighted by molar-refractivity contribution is 1.18. The molecule has 3 heteroatoms. The molecule has 344 valence electrons. The molecule has 0 atom stereocenters. The molecule has 12 aromatic carbocycles. The van der Waals surface area contributed by atoms with E-state index < -0.39 is 8.07 Å². The summed E-state index contributed by atoms with van der Waals surface area (Å²) >= 11 is 0. The minimum Gasteiger partial charge on any atom is -0.310 e. The van der Waals surface area contributed by atoms with Gasteiger partial charge in [-0.05, 0) is 114 Å². The Balaban J connectivity index is 0.943. The molecule has 0 spiro atoms. The number of hydrogen-bond donors (Lipinski definition) is 0. The van der Waals surface area contributed by atoms with Gasteiger partial charge in [-0.15, -0.1) is 0 Å². The van der Waals surface area contributed by atoms with E-state index in [0.29, 0.717) is 0 Å². The summed E-state index contributed by atoms with van der Waals surface area (Å²) < 4.78 is 2.40. The second-order valence-corrected chi connectivity index (χ2v) is 22.6. The summed E-state index contributed by atoms with van der Waals surface area (Å²) in [5, 5.41) is 10.4. The van der Waals surface area contributed by atoms with E-state index in [4.69, 9.17) is 0 Å². The summed E-state index contributed by atoms with van der Waals surface area (Å²) in [6.45, 7) is 0. The van der Waals surface area contributed by atoms with Crippen LogP contribution >= 0.6 is 0 Å². The molecule has 0 saturated carbocycles. The molecule has 2 nitrogen and oxygen atoms in total. The van der Waals surface area contributed by atoms with Crippen molar-refractivity contribution in [3.05, 3.63) is 303 Å². The predicted octanol–water partition coefficient (Wildman–Crippen LogP) is 15.8. The van der Waals surface area contributed by atoms with Crippen molar-refractivity contribution in [1.82, 2.24) is 4.57 Å². The number of fused-ring (bicyclic) bond motifs is 4. The lowest BCUT2D eigenvalue weighted by atomic mass is 9.96. The summed E-state index contributed by atoms with van der Waals surface area (Å²) in [4.78, 5) is 2.43. The summed E-state index contributed by atoms with van der Waals surface area (Å²) in [6.07, 6.45) is 0. The first-order valence-electron chi connectivity index (χ1n) is 25.2. The molecule has 0 saturated heterocycles. The Morgan fingerprint density at radius 2 is 0.699 bits per heavy atom. The first-order valence-corrected chi connectivity index (χ1v) is 27.2. The lowest BCUT2D eigenvalue weighted by Crippen LogP contribution is -2.74. The SMILES string of the molecule is c1ccc(-n2c3ccccc3c3c(-c4ccccc4N(c4ccc(-c5ccc([Si](c6ccccc6)(c6ccccc6)c6ccccc6)cc5)cc4)c4ccc(-c5cccc6ccccc56)cc4)cccc32)cc1. The number of hydrogen-bond acceptors (Lipinski definition) is 1. The van der Waals surface area contributed by atoms with E-state index in [-0.39, 0.29) is 0 Å². The second kappa shape index (κ2) is 18.8. The maximum absolute atomic E-state index is 2.65. The van der Waals surface area contributed by atoms with Gasteiger partial charge >= 0.3 is 0 Å². The number of nitrogens with zero attached hydrogens (tertiary/aromatic N) is 2. The van der Waals surface area contributed by atoms with Crippen LogP contribution in [0.15, 0.2) is 303 Å². The van der Waals surface area contributed by atoms with Gasteiger partial charge in [-0.2, -0.15) is 0 Å². The van der Waals surface area contributed by atoms with Crippen molar-refractivity contribution in [1.29, 1.82) is 0 Å². The maximum atomic E-state index is 2.43. The van der Waals surface area contributed by atoms with Gasteiger partial charge in [0.1, 0.15) is 0 Å². The predicted molar refractivity (Wildman–Crippen MR) is 313 cm³/mol. The standard InChI is InChI=1S/C70H50N2Si/c1-5-23-55(24-6-1)72-68-37-18-16-33-66(68)70-65(35-20-38-69(70)72)64-32-15-17-36-67(64)71(57-47-41-54(42-48-57)63-34-19-22-53-21-13-14-31-62(53)63)56-45-39-51(40-46-56)52-43-49-61(50-44-52)73(58-25-7-2-8-26-58,59-27-9-3-10-28-59)60-29-11-4-12-30-60/h1-50H. The van der Waals surface area contributed by atoms with Crippen molar-refractivity contribution in [2.45, 2.75) is 0 Å². The van der Waals surface area contributed by atoms with Crippen LogP contribution in [0.1, 0.15) is 0 Å². The summed E-state index contributed by atoms with van der Waals surface area (Å²) in [6, 6.07) is 112. The van der Waals surface area contributed by atoms with Crippen LogP contribution in [0, 0.1) is 0 Å². The topological polar surface area (TPSA) is 8.17 Å². The van der Waals surface area contributed by atoms with Crippen molar-refractivity contribution in [3.8, 4) is 39.1 Å². The van der Waals surface area contributed by atoms with E-state index in [9.17, 15) is 0 Å².